The Kier molecular flexibility index (Phi) is 10.6. The number of allylic oxidation sites excluding steroid dienone is 2. The van der Waals surface area contributed by atoms with Crippen LogP contribution in [0.1, 0.15) is 11.1 Å². The summed E-state index contributed by atoms with van der Waals surface area (Å²) < 4.78 is 34.4. The summed E-state index contributed by atoms with van der Waals surface area (Å²) in [5.74, 6) is 2.16. The first-order valence-corrected chi connectivity index (χ1v) is 12.9. The van der Waals surface area contributed by atoms with Crippen LogP contribution in [0.15, 0.2) is 79.4 Å². The SMILES string of the molecule is C=CC(=O)OCCOCCOCCOc1c2c(c(OCCOc3ccccc3)c3ccccc13)CC=CC2. The predicted molar refractivity (Wildman–Crippen MR) is 146 cm³/mol. The van der Waals surface area contributed by atoms with Gasteiger partial charge in [-0.15, -0.1) is 0 Å². The molecule has 0 fully saturated rings. The number of ether oxygens (including phenoxy) is 6. The van der Waals surface area contributed by atoms with Crippen molar-refractivity contribution in [2.45, 2.75) is 12.8 Å². The van der Waals surface area contributed by atoms with Gasteiger partial charge in [-0.25, -0.2) is 4.79 Å². The van der Waals surface area contributed by atoms with Gasteiger partial charge in [0.2, 0.25) is 0 Å². The highest BCUT2D eigenvalue weighted by atomic mass is 16.6. The highest BCUT2D eigenvalue weighted by Crippen LogP contribution is 2.43. The van der Waals surface area contributed by atoms with E-state index in [4.69, 9.17) is 28.4 Å². The zero-order valence-electron chi connectivity index (χ0n) is 21.6. The zero-order valence-corrected chi connectivity index (χ0v) is 21.6. The van der Waals surface area contributed by atoms with Gasteiger partial charge in [-0.1, -0.05) is 61.2 Å². The Morgan fingerprint density at radius 1 is 0.658 bits per heavy atom. The molecule has 200 valence electrons. The maximum atomic E-state index is 11.0. The summed E-state index contributed by atoms with van der Waals surface area (Å²) in [5.41, 5.74) is 2.31. The van der Waals surface area contributed by atoms with Gasteiger partial charge in [-0.2, -0.15) is 0 Å². The van der Waals surface area contributed by atoms with Crippen molar-refractivity contribution in [2.75, 3.05) is 52.9 Å². The minimum absolute atomic E-state index is 0.195. The van der Waals surface area contributed by atoms with E-state index in [1.54, 1.807) is 0 Å². The topological polar surface area (TPSA) is 72.5 Å². The fourth-order valence-corrected chi connectivity index (χ4v) is 4.25. The third-order valence-electron chi connectivity index (χ3n) is 5.97. The summed E-state index contributed by atoms with van der Waals surface area (Å²) in [4.78, 5) is 11.0. The van der Waals surface area contributed by atoms with Gasteiger partial charge < -0.3 is 28.4 Å². The predicted octanol–water partition coefficient (Wildman–Crippen LogP) is 5.09. The number of fused-ring (bicyclic) bond motifs is 2. The molecule has 0 radical (unpaired) electrons. The van der Waals surface area contributed by atoms with Gasteiger partial charge in [-0.3, -0.25) is 0 Å². The van der Waals surface area contributed by atoms with Gasteiger partial charge in [0.05, 0.1) is 26.4 Å². The molecule has 0 bridgehead atoms. The van der Waals surface area contributed by atoms with Crippen molar-refractivity contribution in [3.63, 3.8) is 0 Å². The lowest BCUT2D eigenvalue weighted by Crippen LogP contribution is -2.15. The highest BCUT2D eigenvalue weighted by molar-refractivity contribution is 5.96. The Bertz CT molecular complexity index is 1220. The molecule has 0 N–H and O–H groups in total. The Hall–Kier alpha value is -3.81. The molecule has 38 heavy (non-hydrogen) atoms. The van der Waals surface area contributed by atoms with Crippen LogP contribution < -0.4 is 14.2 Å². The van der Waals surface area contributed by atoms with Crippen molar-refractivity contribution in [3.8, 4) is 17.2 Å². The van der Waals surface area contributed by atoms with E-state index in [2.05, 4.69) is 30.9 Å². The molecule has 0 saturated heterocycles. The Balaban J connectivity index is 1.32. The van der Waals surface area contributed by atoms with E-state index >= 15 is 0 Å². The molecule has 1 aliphatic carbocycles. The highest BCUT2D eigenvalue weighted by Gasteiger charge is 2.22. The van der Waals surface area contributed by atoms with E-state index < -0.39 is 5.97 Å². The number of hydrogen-bond acceptors (Lipinski definition) is 7. The lowest BCUT2D eigenvalue weighted by atomic mass is 9.90. The van der Waals surface area contributed by atoms with Crippen molar-refractivity contribution in [1.82, 2.24) is 0 Å². The fourth-order valence-electron chi connectivity index (χ4n) is 4.25. The molecule has 4 rings (SSSR count). The second-order valence-electron chi connectivity index (χ2n) is 8.50. The Labute approximate surface area is 223 Å². The molecule has 0 aliphatic heterocycles. The summed E-state index contributed by atoms with van der Waals surface area (Å²) in [6.45, 7) is 6.46. The van der Waals surface area contributed by atoms with E-state index in [9.17, 15) is 4.79 Å². The number of para-hydroxylation sites is 1. The Morgan fingerprint density at radius 2 is 1.16 bits per heavy atom. The monoisotopic (exact) mass is 518 g/mol. The van der Waals surface area contributed by atoms with Crippen LogP contribution in [0.2, 0.25) is 0 Å². The third kappa shape index (κ3) is 7.60. The van der Waals surface area contributed by atoms with Crippen LogP contribution in [-0.2, 0) is 31.8 Å². The van der Waals surface area contributed by atoms with Gasteiger partial charge in [0.25, 0.3) is 0 Å². The average Bonchev–Trinajstić information content (AvgIpc) is 2.97. The van der Waals surface area contributed by atoms with Crippen LogP contribution >= 0.6 is 0 Å². The second kappa shape index (κ2) is 14.8. The van der Waals surface area contributed by atoms with E-state index in [0.717, 1.165) is 58.1 Å². The standard InChI is InChI=1S/C31H34O7/c1-2-29(32)36-20-18-33-16-17-34-19-21-37-30-25-12-6-8-14-27(25)31(28-15-9-7-13-26(28)30)38-23-22-35-24-10-4-3-5-11-24/h2-12,14H,1,13,15-23H2. The molecule has 0 heterocycles. The normalized spacial score (nSPS) is 12.1. The van der Waals surface area contributed by atoms with Gasteiger partial charge >= 0.3 is 5.97 Å². The zero-order chi connectivity index (χ0) is 26.4. The number of hydrogen-bond donors (Lipinski definition) is 0. The number of esters is 1. The molecule has 3 aromatic carbocycles. The van der Waals surface area contributed by atoms with Gasteiger partial charge in [0, 0.05) is 28.0 Å². The van der Waals surface area contributed by atoms with E-state index in [1.165, 1.54) is 0 Å². The van der Waals surface area contributed by atoms with Crippen LogP contribution in [0.3, 0.4) is 0 Å². The van der Waals surface area contributed by atoms with E-state index in [-0.39, 0.29) is 6.61 Å². The first-order valence-electron chi connectivity index (χ1n) is 12.9. The van der Waals surface area contributed by atoms with E-state index in [1.807, 2.05) is 42.5 Å². The van der Waals surface area contributed by atoms with Crippen molar-refractivity contribution in [1.29, 1.82) is 0 Å². The second-order valence-corrected chi connectivity index (χ2v) is 8.50. The maximum absolute atomic E-state index is 11.0. The van der Waals surface area contributed by atoms with Gasteiger partial charge in [0.1, 0.15) is 43.7 Å². The summed E-state index contributed by atoms with van der Waals surface area (Å²) >= 11 is 0. The smallest absolute Gasteiger partial charge is 0.330 e. The molecule has 7 heteroatoms. The molecule has 0 unspecified atom stereocenters. The summed E-state index contributed by atoms with van der Waals surface area (Å²) in [7, 11) is 0. The molecule has 7 nitrogen and oxygen atoms in total. The molecular weight excluding hydrogens is 484 g/mol. The Morgan fingerprint density at radius 3 is 1.76 bits per heavy atom. The summed E-state index contributed by atoms with van der Waals surface area (Å²) in [6.07, 6.45) is 7.06. The van der Waals surface area contributed by atoms with Crippen LogP contribution in [-0.4, -0.2) is 58.8 Å². The number of rotatable bonds is 16. The van der Waals surface area contributed by atoms with Crippen LogP contribution in [0, 0.1) is 0 Å². The van der Waals surface area contributed by atoms with Crippen molar-refractivity contribution < 1.29 is 33.2 Å². The maximum Gasteiger partial charge on any atom is 0.330 e. The molecule has 0 amide bonds. The third-order valence-corrected chi connectivity index (χ3v) is 5.97. The first kappa shape index (κ1) is 27.2. The van der Waals surface area contributed by atoms with Crippen molar-refractivity contribution >= 4 is 16.7 Å². The quantitative estimate of drug-likeness (QED) is 0.113. The lowest BCUT2D eigenvalue weighted by molar-refractivity contribution is -0.139. The fraction of sp³-hybridized carbons (Fsp3) is 0.323. The molecular formula is C31H34O7. The molecule has 0 aromatic heterocycles. The molecule has 0 spiro atoms. The molecule has 0 saturated carbocycles. The van der Waals surface area contributed by atoms with Crippen molar-refractivity contribution in [3.05, 3.63) is 90.5 Å². The van der Waals surface area contributed by atoms with Crippen LogP contribution in [0.5, 0.6) is 17.2 Å². The van der Waals surface area contributed by atoms with E-state index in [0.29, 0.717) is 46.2 Å². The van der Waals surface area contributed by atoms with Crippen molar-refractivity contribution in [2.24, 2.45) is 0 Å². The van der Waals surface area contributed by atoms with Crippen LogP contribution in [0.4, 0.5) is 0 Å². The lowest BCUT2D eigenvalue weighted by Gasteiger charge is -2.23. The first-order chi connectivity index (χ1) is 18.8. The number of carbonyl (C=O) groups is 1. The summed E-state index contributed by atoms with van der Waals surface area (Å²) in [6, 6.07) is 17.9. The largest absolute Gasteiger partial charge is 0.490 e. The number of carbonyl (C=O) groups excluding carboxylic acids is 1. The minimum Gasteiger partial charge on any atom is -0.490 e. The number of benzene rings is 3. The molecule has 3 aromatic rings. The molecule has 0 atom stereocenters. The van der Waals surface area contributed by atoms with Gasteiger partial charge in [-0.05, 0) is 25.0 Å². The minimum atomic E-state index is -0.455. The van der Waals surface area contributed by atoms with Gasteiger partial charge in [0.15, 0.2) is 0 Å². The average molecular weight is 519 g/mol. The summed E-state index contributed by atoms with van der Waals surface area (Å²) in [5, 5.41) is 2.06. The molecule has 1 aliphatic rings. The van der Waals surface area contributed by atoms with Crippen LogP contribution in [0.25, 0.3) is 10.8 Å².